The molecule has 0 aliphatic rings. The van der Waals surface area contributed by atoms with E-state index in [9.17, 15) is 0 Å². The van der Waals surface area contributed by atoms with E-state index in [-0.39, 0.29) is 5.92 Å². The molecule has 5 heteroatoms. The van der Waals surface area contributed by atoms with Gasteiger partial charge in [0.2, 0.25) is 11.7 Å². The van der Waals surface area contributed by atoms with Gasteiger partial charge in [-0.3, -0.25) is 4.98 Å². The lowest BCUT2D eigenvalue weighted by atomic mass is 9.97. The van der Waals surface area contributed by atoms with E-state index in [1.807, 2.05) is 13.0 Å². The second kappa shape index (κ2) is 5.93. The zero-order chi connectivity index (χ0) is 13.8. The van der Waals surface area contributed by atoms with E-state index in [0.717, 1.165) is 17.5 Å². The molecule has 0 aliphatic heterocycles. The van der Waals surface area contributed by atoms with Crippen LogP contribution in [0.5, 0.6) is 0 Å². The Morgan fingerprint density at radius 1 is 1.37 bits per heavy atom. The van der Waals surface area contributed by atoms with Crippen LogP contribution in [0.4, 0.5) is 0 Å². The van der Waals surface area contributed by atoms with Crippen molar-refractivity contribution in [3.63, 3.8) is 0 Å². The summed E-state index contributed by atoms with van der Waals surface area (Å²) in [6.07, 6.45) is 4.47. The summed E-state index contributed by atoms with van der Waals surface area (Å²) >= 11 is 0. The van der Waals surface area contributed by atoms with Gasteiger partial charge in [-0.25, -0.2) is 0 Å². The Kier molecular flexibility index (Phi) is 4.27. The number of rotatable bonds is 5. The maximum absolute atomic E-state index is 5.79. The van der Waals surface area contributed by atoms with Crippen molar-refractivity contribution in [2.45, 2.75) is 33.1 Å². The quantitative estimate of drug-likeness (QED) is 0.893. The lowest BCUT2D eigenvalue weighted by molar-refractivity contribution is 0.335. The highest BCUT2D eigenvalue weighted by Crippen LogP contribution is 2.25. The fourth-order valence-electron chi connectivity index (χ4n) is 2.10. The highest BCUT2D eigenvalue weighted by molar-refractivity contribution is 5.57. The smallest absolute Gasteiger partial charge is 0.231 e. The summed E-state index contributed by atoms with van der Waals surface area (Å²) in [4.78, 5) is 8.54. The predicted molar refractivity (Wildman–Crippen MR) is 73.5 cm³/mol. The molecular formula is C14H20N4O. The molecule has 2 aromatic heterocycles. The van der Waals surface area contributed by atoms with Crippen LogP contribution >= 0.6 is 0 Å². The summed E-state index contributed by atoms with van der Waals surface area (Å²) < 4.78 is 5.37. The van der Waals surface area contributed by atoms with Crippen LogP contribution in [0.15, 0.2) is 23.0 Å². The van der Waals surface area contributed by atoms with Crippen molar-refractivity contribution >= 4 is 0 Å². The van der Waals surface area contributed by atoms with Gasteiger partial charge >= 0.3 is 0 Å². The van der Waals surface area contributed by atoms with E-state index in [1.165, 1.54) is 0 Å². The Balaban J connectivity index is 2.26. The first-order chi connectivity index (χ1) is 9.11. The Morgan fingerprint density at radius 2 is 2.16 bits per heavy atom. The van der Waals surface area contributed by atoms with Crippen molar-refractivity contribution < 1.29 is 4.52 Å². The first-order valence-electron chi connectivity index (χ1n) is 6.56. The molecule has 0 amide bonds. The molecule has 5 nitrogen and oxygen atoms in total. The molecular weight excluding hydrogens is 240 g/mol. The molecule has 0 saturated carbocycles. The van der Waals surface area contributed by atoms with Crippen LogP contribution in [0.25, 0.3) is 11.4 Å². The monoisotopic (exact) mass is 260 g/mol. The first-order valence-corrected chi connectivity index (χ1v) is 6.56. The van der Waals surface area contributed by atoms with Gasteiger partial charge in [0.15, 0.2) is 0 Å². The van der Waals surface area contributed by atoms with Gasteiger partial charge in [-0.1, -0.05) is 19.0 Å². The van der Waals surface area contributed by atoms with Crippen LogP contribution in [0.1, 0.15) is 37.6 Å². The van der Waals surface area contributed by atoms with Gasteiger partial charge < -0.3 is 10.3 Å². The Bertz CT molecular complexity index is 536. The highest BCUT2D eigenvalue weighted by atomic mass is 16.5. The molecule has 0 fully saturated rings. The van der Waals surface area contributed by atoms with Crippen molar-refractivity contribution in [3.8, 4) is 11.4 Å². The molecule has 0 bridgehead atoms. The Labute approximate surface area is 113 Å². The fourth-order valence-corrected chi connectivity index (χ4v) is 2.10. The van der Waals surface area contributed by atoms with Crippen LogP contribution in [0, 0.1) is 12.8 Å². The van der Waals surface area contributed by atoms with Crippen molar-refractivity contribution in [3.05, 3.63) is 29.9 Å². The number of nitrogens with zero attached hydrogens (tertiary/aromatic N) is 3. The molecule has 0 aromatic carbocycles. The third-order valence-corrected chi connectivity index (χ3v) is 3.09. The summed E-state index contributed by atoms with van der Waals surface area (Å²) in [5.74, 6) is 1.91. The number of nitrogens with two attached hydrogens (primary N) is 1. The van der Waals surface area contributed by atoms with Gasteiger partial charge in [0.25, 0.3) is 0 Å². The summed E-state index contributed by atoms with van der Waals surface area (Å²) in [6.45, 7) is 6.82. The van der Waals surface area contributed by atoms with E-state index in [1.54, 1.807) is 12.4 Å². The zero-order valence-electron chi connectivity index (χ0n) is 11.6. The molecule has 0 spiro atoms. The fraction of sp³-hybridized carbons (Fsp3) is 0.500. The van der Waals surface area contributed by atoms with E-state index >= 15 is 0 Å². The SMILES string of the molecule is Cc1cnccc1-c1noc(C(CN)CC(C)C)n1. The maximum atomic E-state index is 5.79. The molecule has 0 saturated heterocycles. The van der Waals surface area contributed by atoms with Crippen molar-refractivity contribution in [1.29, 1.82) is 0 Å². The van der Waals surface area contributed by atoms with E-state index in [4.69, 9.17) is 10.3 Å². The van der Waals surface area contributed by atoms with Crippen LogP contribution in [0.3, 0.4) is 0 Å². The minimum absolute atomic E-state index is 0.128. The lowest BCUT2D eigenvalue weighted by Gasteiger charge is -2.11. The van der Waals surface area contributed by atoms with Crippen molar-refractivity contribution in [2.75, 3.05) is 6.54 Å². The van der Waals surface area contributed by atoms with Crippen molar-refractivity contribution in [2.24, 2.45) is 11.7 Å². The first kappa shape index (κ1) is 13.7. The third kappa shape index (κ3) is 3.17. The average molecular weight is 260 g/mol. The van der Waals surface area contributed by atoms with Crippen LogP contribution in [0.2, 0.25) is 0 Å². The van der Waals surface area contributed by atoms with Gasteiger partial charge in [0.05, 0.1) is 5.92 Å². The van der Waals surface area contributed by atoms with Gasteiger partial charge in [-0.05, 0) is 30.9 Å². The second-order valence-electron chi connectivity index (χ2n) is 5.21. The molecule has 2 aromatic rings. The largest absolute Gasteiger partial charge is 0.339 e. The number of pyridine rings is 1. The van der Waals surface area contributed by atoms with E-state index in [2.05, 4.69) is 29.0 Å². The minimum atomic E-state index is 0.128. The summed E-state index contributed by atoms with van der Waals surface area (Å²) in [7, 11) is 0. The standard InChI is InChI=1S/C14H20N4O/c1-9(2)6-11(7-15)14-17-13(18-19-14)12-4-5-16-8-10(12)3/h4-5,8-9,11H,6-7,15H2,1-3H3. The lowest BCUT2D eigenvalue weighted by Crippen LogP contribution is -2.15. The summed E-state index contributed by atoms with van der Waals surface area (Å²) in [6, 6.07) is 1.89. The van der Waals surface area contributed by atoms with Gasteiger partial charge in [0, 0.05) is 24.5 Å². The number of hydrogen-bond acceptors (Lipinski definition) is 5. The number of aromatic nitrogens is 3. The van der Waals surface area contributed by atoms with Gasteiger partial charge in [-0.15, -0.1) is 0 Å². The number of hydrogen-bond donors (Lipinski definition) is 1. The molecule has 2 N–H and O–H groups in total. The molecule has 2 rings (SSSR count). The predicted octanol–water partition coefficient (Wildman–Crippen LogP) is 2.53. The van der Waals surface area contributed by atoms with E-state index < -0.39 is 0 Å². The van der Waals surface area contributed by atoms with Gasteiger partial charge in [-0.2, -0.15) is 4.98 Å². The van der Waals surface area contributed by atoms with Crippen LogP contribution in [-0.2, 0) is 0 Å². The maximum Gasteiger partial charge on any atom is 0.231 e. The molecule has 19 heavy (non-hydrogen) atoms. The number of aryl methyl sites for hydroxylation is 1. The topological polar surface area (TPSA) is 77.8 Å². The van der Waals surface area contributed by atoms with Crippen molar-refractivity contribution in [1.82, 2.24) is 15.1 Å². The molecule has 2 heterocycles. The highest BCUT2D eigenvalue weighted by Gasteiger charge is 2.19. The zero-order valence-corrected chi connectivity index (χ0v) is 11.6. The Hall–Kier alpha value is -1.75. The molecule has 102 valence electrons. The van der Waals surface area contributed by atoms with Crippen LogP contribution < -0.4 is 5.73 Å². The molecule has 1 unspecified atom stereocenters. The van der Waals surface area contributed by atoms with Gasteiger partial charge in [0.1, 0.15) is 0 Å². The molecule has 1 atom stereocenters. The van der Waals surface area contributed by atoms with E-state index in [0.29, 0.717) is 24.2 Å². The van der Waals surface area contributed by atoms with Crippen LogP contribution in [-0.4, -0.2) is 21.7 Å². The Morgan fingerprint density at radius 3 is 2.79 bits per heavy atom. The normalized spacial score (nSPS) is 12.9. The molecule has 0 aliphatic carbocycles. The summed E-state index contributed by atoms with van der Waals surface area (Å²) in [5.41, 5.74) is 7.77. The molecule has 0 radical (unpaired) electrons. The minimum Gasteiger partial charge on any atom is -0.339 e. The summed E-state index contributed by atoms with van der Waals surface area (Å²) in [5, 5.41) is 4.05. The second-order valence-corrected chi connectivity index (χ2v) is 5.21. The average Bonchev–Trinajstić information content (AvgIpc) is 2.85. The third-order valence-electron chi connectivity index (χ3n) is 3.09.